The number of fused-ring (bicyclic) bond motifs is 4. The van der Waals surface area contributed by atoms with Crippen LogP contribution in [0.5, 0.6) is 0 Å². The molecule has 2 fully saturated rings. The Hall–Kier alpha value is -2.22. The van der Waals surface area contributed by atoms with Gasteiger partial charge in [-0.15, -0.1) is 56.9 Å². The van der Waals surface area contributed by atoms with Crippen LogP contribution in [0.4, 0.5) is 0 Å². The molecule has 0 N–H and O–H groups in total. The smallest absolute Gasteiger partial charge is 1.00 e. The van der Waals surface area contributed by atoms with Crippen molar-refractivity contribution in [3.63, 3.8) is 0 Å². The van der Waals surface area contributed by atoms with Gasteiger partial charge in [0.05, 0.1) is 0 Å². The second-order valence-electron chi connectivity index (χ2n) is 23.2. The molecule has 0 unspecified atom stereocenters. The molecule has 6 aromatic carbocycles. The molecule has 10 rings (SSSR count). The van der Waals surface area contributed by atoms with E-state index in [0.717, 1.165) is 11.8 Å². The molecule has 0 spiro atoms. The second-order valence-corrected chi connectivity index (χ2v) is 27.4. The van der Waals surface area contributed by atoms with Crippen molar-refractivity contribution in [3.8, 4) is 22.3 Å². The van der Waals surface area contributed by atoms with Crippen molar-refractivity contribution >= 4 is 40.0 Å². The number of aryl methyl sites for hydroxylation is 2. The van der Waals surface area contributed by atoms with Gasteiger partial charge in [-0.05, 0) is 96.3 Å². The van der Waals surface area contributed by atoms with Crippen molar-refractivity contribution in [2.24, 2.45) is 11.8 Å². The third-order valence-electron chi connectivity index (χ3n) is 16.5. The standard InChI is InChI=1S/C60H74Si.2ClH.Zr/c1-59(2,3)49-29-25-41(26-30-49)53-51-23-15-21-43(51)35-45-37-47(33-39-17-11-9-12-18-39)57(55(45)53)61(7,8)58-48(34-40-19-13-10-14-20-40)38-46-36-44-22-16-24-52(44)54(56(46)58)42-27-31-50(32-28-42)60(4,5)6;;;/h25-32,35-40H,9-24,33-34H2,1-8H3;2*1H;/q-2;;;+4/p-2. The van der Waals surface area contributed by atoms with Gasteiger partial charge in [-0.25, -0.2) is 0 Å². The molecule has 0 aliphatic heterocycles. The van der Waals surface area contributed by atoms with E-state index >= 15 is 0 Å². The van der Waals surface area contributed by atoms with Gasteiger partial charge in [0.1, 0.15) is 0 Å². The summed E-state index contributed by atoms with van der Waals surface area (Å²) in [5, 5.41) is 9.96. The third-order valence-corrected chi connectivity index (χ3v) is 20.1. The van der Waals surface area contributed by atoms with Gasteiger partial charge in [-0.2, -0.15) is 10.4 Å². The maximum Gasteiger partial charge on any atom is 4.00 e. The summed E-state index contributed by atoms with van der Waals surface area (Å²) in [6.45, 7) is 19.8. The van der Waals surface area contributed by atoms with Crippen molar-refractivity contribution in [2.75, 3.05) is 0 Å². The van der Waals surface area contributed by atoms with E-state index in [0.29, 0.717) is 0 Å². The molecule has 6 aromatic rings. The quantitative estimate of drug-likeness (QED) is 0.105. The minimum absolute atomic E-state index is 0. The molecule has 0 atom stereocenters. The number of benzene rings is 4. The van der Waals surface area contributed by atoms with Crippen LogP contribution in [0.1, 0.15) is 163 Å². The maximum absolute atomic E-state index is 2.82. The Morgan fingerprint density at radius 1 is 0.500 bits per heavy atom. The molecule has 0 heterocycles. The predicted octanol–water partition coefficient (Wildman–Crippen LogP) is 9.41. The zero-order chi connectivity index (χ0) is 42.3. The molecule has 0 radical (unpaired) electrons. The zero-order valence-electron chi connectivity index (χ0n) is 40.6. The van der Waals surface area contributed by atoms with Gasteiger partial charge in [0.25, 0.3) is 0 Å². The summed E-state index contributed by atoms with van der Waals surface area (Å²) in [6, 6.07) is 30.7. The average molecular weight is 985 g/mol. The van der Waals surface area contributed by atoms with E-state index in [1.54, 1.807) is 76.4 Å². The van der Waals surface area contributed by atoms with Crippen LogP contribution in [-0.4, -0.2) is 8.07 Å². The third kappa shape index (κ3) is 9.21. The topological polar surface area (TPSA) is 0 Å². The molecular formula is C60H74Cl2SiZr. The first-order valence-electron chi connectivity index (χ1n) is 25.0. The minimum Gasteiger partial charge on any atom is -1.00 e. The van der Waals surface area contributed by atoms with Crippen LogP contribution in [0, 0.1) is 11.8 Å². The van der Waals surface area contributed by atoms with Crippen molar-refractivity contribution in [1.82, 2.24) is 0 Å². The predicted molar refractivity (Wildman–Crippen MR) is 269 cm³/mol. The molecule has 2 saturated carbocycles. The van der Waals surface area contributed by atoms with Crippen LogP contribution in [0.2, 0.25) is 13.1 Å². The van der Waals surface area contributed by atoms with Crippen LogP contribution < -0.4 is 35.2 Å². The molecule has 4 aliphatic carbocycles. The Labute approximate surface area is 420 Å². The Kier molecular flexibility index (Phi) is 15.1. The van der Waals surface area contributed by atoms with E-state index in [9.17, 15) is 0 Å². The average Bonchev–Trinajstić information content (AvgIpc) is 4.04. The van der Waals surface area contributed by atoms with Crippen LogP contribution in [0.15, 0.2) is 72.8 Å². The number of halogens is 2. The van der Waals surface area contributed by atoms with Gasteiger partial charge in [0, 0.05) is 8.07 Å². The van der Waals surface area contributed by atoms with Gasteiger partial charge < -0.3 is 24.8 Å². The Balaban J connectivity index is 0.00000204. The first-order valence-corrected chi connectivity index (χ1v) is 28.0. The minimum atomic E-state index is -2.41. The van der Waals surface area contributed by atoms with E-state index < -0.39 is 8.07 Å². The van der Waals surface area contributed by atoms with Crippen LogP contribution in [-0.2, 0) is 75.6 Å². The van der Waals surface area contributed by atoms with Gasteiger partial charge in [-0.1, -0.05) is 201 Å². The normalized spacial score (nSPS) is 17.2. The first kappa shape index (κ1) is 49.7. The molecule has 4 heteroatoms. The number of hydrogen-bond donors (Lipinski definition) is 0. The second kappa shape index (κ2) is 19.4. The molecule has 0 amide bonds. The molecule has 0 saturated heterocycles. The summed E-state index contributed by atoms with van der Waals surface area (Å²) in [5.74, 6) is 1.60. The van der Waals surface area contributed by atoms with Crippen LogP contribution in [0.25, 0.3) is 43.8 Å². The van der Waals surface area contributed by atoms with Crippen molar-refractivity contribution in [2.45, 2.75) is 181 Å². The molecule has 0 bridgehead atoms. The van der Waals surface area contributed by atoms with Crippen molar-refractivity contribution in [3.05, 3.63) is 117 Å². The largest absolute Gasteiger partial charge is 4.00 e. The molecular weight excluding hydrogens is 911 g/mol. The van der Waals surface area contributed by atoms with Gasteiger partial charge in [-0.3, -0.25) is 0 Å². The molecule has 336 valence electrons. The van der Waals surface area contributed by atoms with Crippen molar-refractivity contribution < 1.29 is 51.0 Å². The Morgan fingerprint density at radius 3 is 1.20 bits per heavy atom. The SMILES string of the molecule is CC(C)(C)c1ccc(-c2c3c(cc4[cH-]c(CC5CCCCC5)c([Si](C)(C)c5c(CC6CCCCC6)[cH-]c6cc7c(c(-c8ccc(C(C)(C)C)cc8)c56)CCC7)c24)CCC3)cc1.[Cl-].[Cl-].[Zr+4]. The van der Waals surface area contributed by atoms with Crippen molar-refractivity contribution in [1.29, 1.82) is 0 Å². The Bertz CT molecular complexity index is 2390. The maximum atomic E-state index is 2.82. The van der Waals surface area contributed by atoms with Gasteiger partial charge in [0.2, 0.25) is 0 Å². The van der Waals surface area contributed by atoms with E-state index in [1.807, 2.05) is 0 Å². The summed E-state index contributed by atoms with van der Waals surface area (Å²) < 4.78 is 0. The van der Waals surface area contributed by atoms with Gasteiger partial charge >= 0.3 is 26.2 Å². The number of rotatable bonds is 8. The molecule has 0 nitrogen and oxygen atoms in total. The van der Waals surface area contributed by atoms with Crippen LogP contribution >= 0.6 is 0 Å². The first-order chi connectivity index (χ1) is 29.3. The van der Waals surface area contributed by atoms with E-state index in [1.165, 1.54) is 138 Å². The Morgan fingerprint density at radius 2 is 0.859 bits per heavy atom. The molecule has 4 aliphatic rings. The summed E-state index contributed by atoms with van der Waals surface area (Å²) in [7, 11) is -2.41. The fraction of sp³-hybridized carbons (Fsp3) is 0.500. The fourth-order valence-corrected chi connectivity index (χ4v) is 17.3. The van der Waals surface area contributed by atoms with E-state index in [2.05, 4.69) is 127 Å². The van der Waals surface area contributed by atoms with Crippen LogP contribution in [0.3, 0.4) is 0 Å². The molecule has 0 aromatic heterocycles. The summed E-state index contributed by atoms with van der Waals surface area (Å²) in [5.41, 5.74) is 19.2. The monoisotopic (exact) mass is 982 g/mol. The number of hydrogen-bond acceptors (Lipinski definition) is 0. The summed E-state index contributed by atoms with van der Waals surface area (Å²) in [6.07, 6.45) is 24.0. The fourth-order valence-electron chi connectivity index (χ4n) is 13.3. The summed E-state index contributed by atoms with van der Waals surface area (Å²) in [4.78, 5) is 0. The zero-order valence-corrected chi connectivity index (χ0v) is 45.5. The van der Waals surface area contributed by atoms with E-state index in [4.69, 9.17) is 0 Å². The molecule has 64 heavy (non-hydrogen) atoms. The van der Waals surface area contributed by atoms with E-state index in [-0.39, 0.29) is 61.8 Å². The summed E-state index contributed by atoms with van der Waals surface area (Å²) >= 11 is 0. The van der Waals surface area contributed by atoms with Gasteiger partial charge in [0.15, 0.2) is 0 Å².